The third-order valence-electron chi connectivity index (χ3n) is 5.11. The van der Waals surface area contributed by atoms with Crippen molar-refractivity contribution in [1.29, 1.82) is 0 Å². The van der Waals surface area contributed by atoms with Crippen LogP contribution in [0.25, 0.3) is 6.08 Å². The Bertz CT molecular complexity index is 666. The number of nitrogens with one attached hydrogen (secondary N) is 1. The summed E-state index contributed by atoms with van der Waals surface area (Å²) in [5.74, 6) is 1.00. The van der Waals surface area contributed by atoms with Gasteiger partial charge < -0.3 is 5.32 Å². The molecular formula is C24H31N. The molecule has 0 aromatic heterocycles. The predicted molar refractivity (Wildman–Crippen MR) is 110 cm³/mol. The summed E-state index contributed by atoms with van der Waals surface area (Å²) in [5.41, 5.74) is 3.13. The highest BCUT2D eigenvalue weighted by atomic mass is 15.0. The molecule has 1 aliphatic carbocycles. The molecule has 1 heteroatoms. The Morgan fingerprint density at radius 1 is 0.840 bits per heavy atom. The van der Waals surface area contributed by atoms with Gasteiger partial charge in [0, 0.05) is 17.0 Å². The van der Waals surface area contributed by atoms with Crippen molar-refractivity contribution >= 4 is 6.08 Å². The van der Waals surface area contributed by atoms with Crippen LogP contribution >= 0.6 is 0 Å². The number of hydrogen-bond donors (Lipinski definition) is 1. The highest BCUT2D eigenvalue weighted by molar-refractivity contribution is 5.51. The smallest absolute Gasteiger partial charge is 0.0136 e. The van der Waals surface area contributed by atoms with Gasteiger partial charge in [0.25, 0.3) is 0 Å². The standard InChI is InChI=1S/C24H31N/c1-23(2)17-22(18-24(3,4)25-23)21-15-13-20(14-16-21)12-11-19-9-7-5-6-8-10-19/h5-16,19,22,25H,17-18H2,1-4H3/b12-11+. The van der Waals surface area contributed by atoms with E-state index in [1.54, 1.807) is 0 Å². The molecule has 0 atom stereocenters. The van der Waals surface area contributed by atoms with Crippen molar-refractivity contribution in [3.63, 3.8) is 0 Å². The van der Waals surface area contributed by atoms with Crippen molar-refractivity contribution < 1.29 is 0 Å². The monoisotopic (exact) mass is 333 g/mol. The van der Waals surface area contributed by atoms with Gasteiger partial charge in [0.15, 0.2) is 0 Å². The maximum Gasteiger partial charge on any atom is 0.0136 e. The van der Waals surface area contributed by atoms with E-state index in [0.29, 0.717) is 11.8 Å². The molecule has 3 rings (SSSR count). The molecule has 25 heavy (non-hydrogen) atoms. The largest absolute Gasteiger partial charge is 0.307 e. The summed E-state index contributed by atoms with van der Waals surface area (Å²) < 4.78 is 0. The van der Waals surface area contributed by atoms with Gasteiger partial charge in [0.1, 0.15) is 0 Å². The molecule has 0 radical (unpaired) electrons. The lowest BCUT2D eigenvalue weighted by molar-refractivity contribution is 0.162. The van der Waals surface area contributed by atoms with Gasteiger partial charge >= 0.3 is 0 Å². The second-order valence-electron chi connectivity index (χ2n) is 8.76. The number of piperidine rings is 1. The zero-order valence-corrected chi connectivity index (χ0v) is 16.0. The first-order valence-electron chi connectivity index (χ1n) is 9.42. The summed E-state index contributed by atoms with van der Waals surface area (Å²) in [5, 5.41) is 3.78. The van der Waals surface area contributed by atoms with Crippen molar-refractivity contribution in [3.8, 4) is 0 Å². The molecule has 0 unspecified atom stereocenters. The zero-order chi connectivity index (χ0) is 17.9. The molecule has 0 amide bonds. The summed E-state index contributed by atoms with van der Waals surface area (Å²) in [6.07, 6.45) is 19.6. The lowest BCUT2D eigenvalue weighted by Crippen LogP contribution is -2.57. The summed E-state index contributed by atoms with van der Waals surface area (Å²) in [6.45, 7) is 9.28. The van der Waals surface area contributed by atoms with Crippen molar-refractivity contribution in [2.75, 3.05) is 0 Å². The van der Waals surface area contributed by atoms with Crippen LogP contribution in [-0.4, -0.2) is 11.1 Å². The van der Waals surface area contributed by atoms with Crippen LogP contribution in [0, 0.1) is 5.92 Å². The molecule has 1 aromatic carbocycles. The van der Waals surface area contributed by atoms with Crippen LogP contribution in [0.3, 0.4) is 0 Å². The Hall–Kier alpha value is -1.86. The van der Waals surface area contributed by atoms with Crippen LogP contribution in [0.5, 0.6) is 0 Å². The quantitative estimate of drug-likeness (QED) is 0.713. The SMILES string of the molecule is CC1(C)CC(c2ccc(/C=C/C3C=CC=CC=C3)cc2)CC(C)(C)N1. The van der Waals surface area contributed by atoms with E-state index in [9.17, 15) is 0 Å². The lowest BCUT2D eigenvalue weighted by Gasteiger charge is -2.46. The molecular weight excluding hydrogens is 302 g/mol. The van der Waals surface area contributed by atoms with Crippen molar-refractivity contribution in [1.82, 2.24) is 5.32 Å². The topological polar surface area (TPSA) is 12.0 Å². The second kappa shape index (κ2) is 7.17. The van der Waals surface area contributed by atoms with Crippen molar-refractivity contribution in [3.05, 3.63) is 77.9 Å². The van der Waals surface area contributed by atoms with Gasteiger partial charge in [-0.05, 0) is 57.6 Å². The highest BCUT2D eigenvalue weighted by Gasteiger charge is 2.37. The first-order chi connectivity index (χ1) is 11.8. The molecule has 132 valence electrons. The van der Waals surface area contributed by atoms with Crippen LogP contribution in [0.15, 0.2) is 66.8 Å². The van der Waals surface area contributed by atoms with Crippen LogP contribution in [0.2, 0.25) is 0 Å². The Labute approximate surface area is 153 Å². The van der Waals surface area contributed by atoms with E-state index in [0.717, 1.165) is 0 Å². The zero-order valence-electron chi connectivity index (χ0n) is 16.0. The van der Waals surface area contributed by atoms with Gasteiger partial charge in [0.05, 0.1) is 0 Å². The average molecular weight is 334 g/mol. The predicted octanol–water partition coefficient (Wildman–Crippen LogP) is 6.02. The van der Waals surface area contributed by atoms with Gasteiger partial charge in [-0.2, -0.15) is 0 Å². The molecule has 1 aliphatic heterocycles. The molecule has 1 aromatic rings. The van der Waals surface area contributed by atoms with Crippen molar-refractivity contribution in [2.24, 2.45) is 5.92 Å². The molecule has 1 saturated heterocycles. The molecule has 1 N–H and O–H groups in total. The highest BCUT2D eigenvalue weighted by Crippen LogP contribution is 2.39. The number of allylic oxidation sites excluding steroid dienone is 7. The summed E-state index contributed by atoms with van der Waals surface area (Å²) in [4.78, 5) is 0. The minimum absolute atomic E-state index is 0.192. The van der Waals surface area contributed by atoms with Gasteiger partial charge in [-0.3, -0.25) is 0 Å². The van der Waals surface area contributed by atoms with E-state index in [-0.39, 0.29) is 11.1 Å². The maximum absolute atomic E-state index is 3.78. The first kappa shape index (κ1) is 17.9. The second-order valence-corrected chi connectivity index (χ2v) is 8.76. The molecule has 0 saturated carbocycles. The van der Waals surface area contributed by atoms with E-state index >= 15 is 0 Å². The Kier molecular flexibility index (Phi) is 5.15. The third kappa shape index (κ3) is 5.06. The summed E-state index contributed by atoms with van der Waals surface area (Å²) in [6, 6.07) is 9.16. The minimum atomic E-state index is 0.192. The molecule has 0 spiro atoms. The summed E-state index contributed by atoms with van der Waals surface area (Å²) in [7, 11) is 0. The van der Waals surface area contributed by atoms with Gasteiger partial charge in [-0.15, -0.1) is 0 Å². The Balaban J connectivity index is 1.70. The van der Waals surface area contributed by atoms with E-state index < -0.39 is 0 Å². The van der Waals surface area contributed by atoms with E-state index in [4.69, 9.17) is 0 Å². The Morgan fingerprint density at radius 2 is 1.40 bits per heavy atom. The fourth-order valence-electron chi connectivity index (χ4n) is 4.37. The minimum Gasteiger partial charge on any atom is -0.307 e. The lowest BCUT2D eigenvalue weighted by atomic mass is 9.73. The van der Waals surface area contributed by atoms with Crippen LogP contribution < -0.4 is 5.32 Å². The van der Waals surface area contributed by atoms with Gasteiger partial charge in [0.2, 0.25) is 0 Å². The van der Waals surface area contributed by atoms with E-state index in [2.05, 4.69) is 106 Å². The van der Waals surface area contributed by atoms with E-state index in [1.165, 1.54) is 24.0 Å². The van der Waals surface area contributed by atoms with E-state index in [1.807, 2.05) is 0 Å². The summed E-state index contributed by atoms with van der Waals surface area (Å²) >= 11 is 0. The number of rotatable bonds is 3. The van der Waals surface area contributed by atoms with Crippen molar-refractivity contribution in [2.45, 2.75) is 57.5 Å². The third-order valence-corrected chi connectivity index (χ3v) is 5.11. The van der Waals surface area contributed by atoms with Crippen LogP contribution in [0.1, 0.15) is 57.6 Å². The fraction of sp³-hybridized carbons (Fsp3) is 0.417. The molecule has 1 nitrogen and oxygen atoms in total. The molecule has 2 aliphatic rings. The Morgan fingerprint density at radius 3 is 1.96 bits per heavy atom. The van der Waals surface area contributed by atoms with Gasteiger partial charge in [-0.25, -0.2) is 0 Å². The fourth-order valence-corrected chi connectivity index (χ4v) is 4.37. The molecule has 1 fully saturated rings. The number of benzene rings is 1. The van der Waals surface area contributed by atoms with Crippen LogP contribution in [-0.2, 0) is 0 Å². The maximum atomic E-state index is 3.78. The van der Waals surface area contributed by atoms with Crippen LogP contribution in [0.4, 0.5) is 0 Å². The average Bonchev–Trinajstić information content (AvgIpc) is 2.79. The first-order valence-corrected chi connectivity index (χ1v) is 9.42. The molecule has 1 heterocycles. The molecule has 0 bridgehead atoms. The normalized spacial score (nSPS) is 23.2. The number of hydrogen-bond acceptors (Lipinski definition) is 1. The van der Waals surface area contributed by atoms with Gasteiger partial charge in [-0.1, -0.05) is 72.9 Å².